The average molecular weight is 523 g/mol. The van der Waals surface area contributed by atoms with Gasteiger partial charge in [0.2, 0.25) is 5.91 Å². The minimum absolute atomic E-state index is 0.0486. The summed E-state index contributed by atoms with van der Waals surface area (Å²) >= 11 is 1.09. The summed E-state index contributed by atoms with van der Waals surface area (Å²) in [7, 11) is -3.69. The van der Waals surface area contributed by atoms with Gasteiger partial charge < -0.3 is 10.4 Å². The molecule has 0 saturated heterocycles. The minimum atomic E-state index is -3.69. The highest BCUT2D eigenvalue weighted by molar-refractivity contribution is 7.99. The Morgan fingerprint density at radius 3 is 2.39 bits per heavy atom. The molecule has 0 bridgehead atoms. The highest BCUT2D eigenvalue weighted by atomic mass is 32.2. The van der Waals surface area contributed by atoms with Crippen LogP contribution >= 0.6 is 11.8 Å². The van der Waals surface area contributed by atoms with Crippen molar-refractivity contribution in [3.05, 3.63) is 95.8 Å². The Morgan fingerprint density at radius 1 is 0.972 bits per heavy atom. The van der Waals surface area contributed by atoms with Gasteiger partial charge in [0, 0.05) is 11.4 Å². The number of hydrogen-bond acceptors (Lipinski definition) is 7. The Bertz CT molecular complexity index is 1500. The van der Waals surface area contributed by atoms with Crippen molar-refractivity contribution in [3.63, 3.8) is 0 Å². The number of thioether (sulfide) groups is 1. The third-order valence-electron chi connectivity index (χ3n) is 5.14. The number of aromatic carboxylic acids is 1. The lowest BCUT2D eigenvalue weighted by atomic mass is 10.2. The largest absolute Gasteiger partial charge is 0.478 e. The fourth-order valence-corrected chi connectivity index (χ4v) is 5.39. The predicted molar refractivity (Wildman–Crippen MR) is 136 cm³/mol. The van der Waals surface area contributed by atoms with Crippen molar-refractivity contribution in [1.82, 2.24) is 14.8 Å². The van der Waals surface area contributed by atoms with Crippen LogP contribution in [0.3, 0.4) is 0 Å². The first-order chi connectivity index (χ1) is 17.2. The zero-order valence-corrected chi connectivity index (χ0v) is 20.8. The number of benzene rings is 3. The van der Waals surface area contributed by atoms with Gasteiger partial charge in [-0.1, -0.05) is 53.7 Å². The maximum atomic E-state index is 13.1. The summed E-state index contributed by atoms with van der Waals surface area (Å²) in [5, 5.41) is 20.4. The average Bonchev–Trinajstić information content (AvgIpc) is 3.25. The number of anilines is 1. The molecule has 9 nitrogen and oxygen atoms in total. The van der Waals surface area contributed by atoms with E-state index < -0.39 is 15.8 Å². The van der Waals surface area contributed by atoms with E-state index in [4.69, 9.17) is 5.11 Å². The van der Waals surface area contributed by atoms with E-state index in [9.17, 15) is 18.0 Å². The predicted octanol–water partition coefficient (Wildman–Crippen LogP) is 3.98. The van der Waals surface area contributed by atoms with Crippen molar-refractivity contribution in [1.29, 1.82) is 0 Å². The number of carboxylic acids is 1. The number of sulfone groups is 1. The Labute approximate surface area is 212 Å². The molecule has 184 valence electrons. The van der Waals surface area contributed by atoms with Gasteiger partial charge in [-0.05, 0) is 49.4 Å². The van der Waals surface area contributed by atoms with E-state index in [-0.39, 0.29) is 33.7 Å². The molecule has 36 heavy (non-hydrogen) atoms. The molecule has 0 atom stereocenters. The first-order valence-electron chi connectivity index (χ1n) is 10.8. The number of hydrogen-bond donors (Lipinski definition) is 2. The molecule has 11 heteroatoms. The summed E-state index contributed by atoms with van der Waals surface area (Å²) < 4.78 is 27.7. The standard InChI is InChI=1S/C25H22N4O5S2/c1-17-10-12-21(13-11-17)36(33,34)16-22-27-28-25(29(22)20-8-3-2-4-9-20)35-15-23(30)26-19-7-5-6-18(14-19)24(31)32/h2-14H,15-16H2,1H3,(H,26,30)(H,31,32). The number of carboxylic acid groups (broad SMARTS) is 1. The third-order valence-corrected chi connectivity index (χ3v) is 7.70. The summed E-state index contributed by atoms with van der Waals surface area (Å²) in [6, 6.07) is 21.6. The number of carbonyl (C=O) groups is 2. The van der Waals surface area contributed by atoms with E-state index in [0.29, 0.717) is 16.5 Å². The van der Waals surface area contributed by atoms with E-state index in [1.54, 1.807) is 53.1 Å². The van der Waals surface area contributed by atoms with Gasteiger partial charge in [-0.3, -0.25) is 9.36 Å². The molecular weight excluding hydrogens is 500 g/mol. The molecule has 1 amide bonds. The number of nitrogens with zero attached hydrogens (tertiary/aromatic N) is 3. The zero-order valence-electron chi connectivity index (χ0n) is 19.2. The lowest BCUT2D eigenvalue weighted by Gasteiger charge is -2.11. The van der Waals surface area contributed by atoms with Gasteiger partial charge >= 0.3 is 5.97 Å². The number of nitrogens with one attached hydrogen (secondary N) is 1. The molecule has 0 saturated carbocycles. The van der Waals surface area contributed by atoms with Gasteiger partial charge in [-0.2, -0.15) is 0 Å². The van der Waals surface area contributed by atoms with Crippen molar-refractivity contribution in [2.75, 3.05) is 11.1 Å². The molecule has 1 heterocycles. The molecule has 0 spiro atoms. The summed E-state index contributed by atoms with van der Waals surface area (Å²) in [4.78, 5) is 23.9. The van der Waals surface area contributed by atoms with Gasteiger partial charge in [0.1, 0.15) is 5.75 Å². The smallest absolute Gasteiger partial charge is 0.335 e. The second kappa shape index (κ2) is 10.8. The van der Waals surface area contributed by atoms with Crippen LogP contribution in [-0.4, -0.2) is 45.9 Å². The SMILES string of the molecule is Cc1ccc(S(=O)(=O)Cc2nnc(SCC(=O)Nc3cccc(C(=O)O)c3)n2-c2ccccc2)cc1. The van der Waals surface area contributed by atoms with Crippen LogP contribution in [0.5, 0.6) is 0 Å². The van der Waals surface area contributed by atoms with Crippen molar-refractivity contribution in [2.24, 2.45) is 0 Å². The topological polar surface area (TPSA) is 131 Å². The molecule has 0 aliphatic rings. The second-order valence-corrected chi connectivity index (χ2v) is 10.8. The molecule has 0 unspecified atom stereocenters. The number of aromatic nitrogens is 3. The van der Waals surface area contributed by atoms with Crippen LogP contribution in [0.1, 0.15) is 21.7 Å². The van der Waals surface area contributed by atoms with Crippen molar-refractivity contribution >= 4 is 39.2 Å². The van der Waals surface area contributed by atoms with Gasteiger partial charge in [0.05, 0.1) is 16.2 Å². The number of carbonyl (C=O) groups excluding carboxylic acids is 1. The number of aryl methyl sites for hydroxylation is 1. The van der Waals surface area contributed by atoms with Gasteiger partial charge in [0.15, 0.2) is 20.8 Å². The molecule has 0 fully saturated rings. The number of para-hydroxylation sites is 1. The van der Waals surface area contributed by atoms with E-state index in [1.807, 2.05) is 25.1 Å². The van der Waals surface area contributed by atoms with Crippen LogP contribution in [-0.2, 0) is 20.4 Å². The molecule has 1 aromatic heterocycles. The quantitative estimate of drug-likeness (QED) is 0.316. The Hall–Kier alpha value is -3.96. The van der Waals surface area contributed by atoms with E-state index in [0.717, 1.165) is 17.3 Å². The van der Waals surface area contributed by atoms with E-state index >= 15 is 0 Å². The summed E-state index contributed by atoms with van der Waals surface area (Å²) in [5.41, 5.74) is 2.03. The van der Waals surface area contributed by atoms with E-state index in [2.05, 4.69) is 15.5 Å². The maximum absolute atomic E-state index is 13.1. The molecule has 0 radical (unpaired) electrons. The monoisotopic (exact) mass is 522 g/mol. The van der Waals surface area contributed by atoms with Crippen molar-refractivity contribution < 1.29 is 23.1 Å². The molecule has 4 rings (SSSR count). The highest BCUT2D eigenvalue weighted by Crippen LogP contribution is 2.25. The van der Waals surface area contributed by atoms with Crippen LogP contribution in [0.25, 0.3) is 5.69 Å². The Morgan fingerprint density at radius 2 is 1.69 bits per heavy atom. The van der Waals surface area contributed by atoms with E-state index in [1.165, 1.54) is 12.1 Å². The minimum Gasteiger partial charge on any atom is -0.478 e. The normalized spacial score (nSPS) is 11.2. The number of amides is 1. The summed E-state index contributed by atoms with van der Waals surface area (Å²) in [6.07, 6.45) is 0. The fraction of sp³-hybridized carbons (Fsp3) is 0.120. The summed E-state index contributed by atoms with van der Waals surface area (Å²) in [5.74, 6) is -1.66. The van der Waals surface area contributed by atoms with Crippen LogP contribution in [0, 0.1) is 6.92 Å². The lowest BCUT2D eigenvalue weighted by Crippen LogP contribution is -2.15. The Balaban J connectivity index is 1.55. The molecular formula is C25H22N4O5S2. The molecule has 3 aromatic carbocycles. The van der Waals surface area contributed by atoms with Crippen molar-refractivity contribution in [3.8, 4) is 5.69 Å². The van der Waals surface area contributed by atoms with Crippen LogP contribution < -0.4 is 5.32 Å². The van der Waals surface area contributed by atoms with Crippen molar-refractivity contribution in [2.45, 2.75) is 22.7 Å². The Kier molecular flexibility index (Phi) is 7.51. The summed E-state index contributed by atoms with van der Waals surface area (Å²) in [6.45, 7) is 1.88. The van der Waals surface area contributed by atoms with Crippen LogP contribution in [0.15, 0.2) is 88.9 Å². The zero-order chi connectivity index (χ0) is 25.7. The second-order valence-electron chi connectivity index (χ2n) is 7.86. The fourth-order valence-electron chi connectivity index (χ4n) is 3.38. The third kappa shape index (κ3) is 5.99. The van der Waals surface area contributed by atoms with Crippen LogP contribution in [0.4, 0.5) is 5.69 Å². The van der Waals surface area contributed by atoms with Crippen LogP contribution in [0.2, 0.25) is 0 Å². The highest BCUT2D eigenvalue weighted by Gasteiger charge is 2.23. The molecule has 0 aliphatic heterocycles. The van der Waals surface area contributed by atoms with Gasteiger partial charge in [0.25, 0.3) is 0 Å². The lowest BCUT2D eigenvalue weighted by molar-refractivity contribution is -0.113. The molecule has 2 N–H and O–H groups in total. The molecule has 0 aliphatic carbocycles. The van der Waals surface area contributed by atoms with Gasteiger partial charge in [-0.25, -0.2) is 13.2 Å². The maximum Gasteiger partial charge on any atom is 0.335 e. The first kappa shape index (κ1) is 25.1. The van der Waals surface area contributed by atoms with Gasteiger partial charge in [-0.15, -0.1) is 10.2 Å². The number of rotatable bonds is 9. The molecule has 4 aromatic rings. The first-order valence-corrected chi connectivity index (χ1v) is 13.4.